The molecule has 2 rings (SSSR count). The number of amides is 1. The average molecular weight is 345 g/mol. The average Bonchev–Trinajstić information content (AvgIpc) is 2.64. The lowest BCUT2D eigenvalue weighted by Gasteiger charge is -2.18. The van der Waals surface area contributed by atoms with Crippen molar-refractivity contribution in [3.63, 3.8) is 0 Å². The zero-order chi connectivity index (χ0) is 17.2. The van der Waals surface area contributed by atoms with Gasteiger partial charge in [0, 0.05) is 17.2 Å². The molecular weight excluding hydrogens is 322 g/mol. The molecule has 0 aliphatic carbocycles. The van der Waals surface area contributed by atoms with Crippen LogP contribution in [0.2, 0.25) is 0 Å². The van der Waals surface area contributed by atoms with Gasteiger partial charge in [0.1, 0.15) is 0 Å². The molecule has 0 heterocycles. The van der Waals surface area contributed by atoms with Crippen LogP contribution in [0.5, 0.6) is 11.5 Å². The van der Waals surface area contributed by atoms with E-state index in [0.29, 0.717) is 24.5 Å². The molecule has 0 fully saturated rings. The molecule has 4 nitrogen and oxygen atoms in total. The summed E-state index contributed by atoms with van der Waals surface area (Å²) in [5, 5.41) is 2.94. The summed E-state index contributed by atoms with van der Waals surface area (Å²) in [6.07, 6.45) is 0.0680. The summed E-state index contributed by atoms with van der Waals surface area (Å²) in [6.45, 7) is 2.53. The van der Waals surface area contributed by atoms with Gasteiger partial charge in [-0.05, 0) is 30.7 Å². The number of carbonyl (C=O) groups is 1. The topological polar surface area (TPSA) is 47.6 Å². The summed E-state index contributed by atoms with van der Waals surface area (Å²) in [4.78, 5) is 13.5. The van der Waals surface area contributed by atoms with E-state index in [2.05, 4.69) is 17.4 Å². The van der Waals surface area contributed by atoms with Gasteiger partial charge in [-0.15, -0.1) is 11.8 Å². The van der Waals surface area contributed by atoms with Crippen molar-refractivity contribution in [3.8, 4) is 11.5 Å². The Labute approximate surface area is 147 Å². The van der Waals surface area contributed by atoms with Crippen molar-refractivity contribution in [2.45, 2.75) is 24.3 Å². The fourth-order valence-corrected chi connectivity index (χ4v) is 2.95. The van der Waals surface area contributed by atoms with Crippen LogP contribution < -0.4 is 14.8 Å². The SMILES string of the molecule is CC[C@H](Oc1ccccc1OC)C(=O)NCCSc1ccccc1. The maximum Gasteiger partial charge on any atom is 0.261 e. The van der Waals surface area contributed by atoms with Crippen LogP contribution in [0.1, 0.15) is 13.3 Å². The zero-order valence-corrected chi connectivity index (χ0v) is 14.8. The predicted octanol–water partition coefficient (Wildman–Crippen LogP) is 3.76. The van der Waals surface area contributed by atoms with E-state index in [0.717, 1.165) is 5.75 Å². The Kier molecular flexibility index (Phi) is 7.49. The minimum Gasteiger partial charge on any atom is -0.493 e. The van der Waals surface area contributed by atoms with Crippen molar-refractivity contribution in [2.75, 3.05) is 19.4 Å². The highest BCUT2D eigenvalue weighted by atomic mass is 32.2. The molecule has 0 aromatic heterocycles. The lowest BCUT2D eigenvalue weighted by Crippen LogP contribution is -2.39. The number of ether oxygens (including phenoxy) is 2. The molecule has 24 heavy (non-hydrogen) atoms. The monoisotopic (exact) mass is 345 g/mol. The molecule has 0 saturated carbocycles. The number of hydrogen-bond donors (Lipinski definition) is 1. The number of thioether (sulfide) groups is 1. The molecular formula is C19H23NO3S. The molecule has 0 aliphatic heterocycles. The van der Waals surface area contributed by atoms with E-state index in [1.54, 1.807) is 24.9 Å². The second-order valence-electron chi connectivity index (χ2n) is 5.12. The van der Waals surface area contributed by atoms with Gasteiger partial charge >= 0.3 is 0 Å². The van der Waals surface area contributed by atoms with E-state index in [-0.39, 0.29) is 5.91 Å². The number of rotatable bonds is 9. The molecule has 0 unspecified atom stereocenters. The second kappa shape index (κ2) is 9.88. The van der Waals surface area contributed by atoms with Gasteiger partial charge in [0.05, 0.1) is 7.11 Å². The standard InChI is InChI=1S/C19H23NO3S/c1-3-16(23-18-12-8-7-11-17(18)22-2)19(21)20-13-14-24-15-9-5-4-6-10-15/h4-12,16H,3,13-14H2,1-2H3,(H,20,21)/t16-/m0/s1. The summed E-state index contributed by atoms with van der Waals surface area (Å²) < 4.78 is 11.1. The smallest absolute Gasteiger partial charge is 0.261 e. The largest absolute Gasteiger partial charge is 0.493 e. The van der Waals surface area contributed by atoms with Crippen LogP contribution in [0.25, 0.3) is 0 Å². The van der Waals surface area contributed by atoms with Gasteiger partial charge in [0.2, 0.25) is 0 Å². The van der Waals surface area contributed by atoms with Crippen LogP contribution in [0.4, 0.5) is 0 Å². The molecule has 0 saturated heterocycles. The Morgan fingerprint density at radius 3 is 2.42 bits per heavy atom. The normalized spacial score (nSPS) is 11.6. The molecule has 5 heteroatoms. The van der Waals surface area contributed by atoms with Gasteiger partial charge < -0.3 is 14.8 Å². The molecule has 0 radical (unpaired) electrons. The first kappa shape index (κ1) is 18.2. The first-order valence-electron chi connectivity index (χ1n) is 7.99. The predicted molar refractivity (Wildman–Crippen MR) is 97.9 cm³/mol. The Hall–Kier alpha value is -2.14. The molecule has 0 spiro atoms. The van der Waals surface area contributed by atoms with Crippen molar-refractivity contribution in [3.05, 3.63) is 54.6 Å². The summed E-state index contributed by atoms with van der Waals surface area (Å²) in [5.41, 5.74) is 0. The van der Waals surface area contributed by atoms with E-state index >= 15 is 0 Å². The highest BCUT2D eigenvalue weighted by Gasteiger charge is 2.19. The number of benzene rings is 2. The van der Waals surface area contributed by atoms with Crippen LogP contribution in [0.15, 0.2) is 59.5 Å². The second-order valence-corrected chi connectivity index (χ2v) is 6.29. The van der Waals surface area contributed by atoms with E-state index < -0.39 is 6.10 Å². The van der Waals surface area contributed by atoms with Gasteiger partial charge in [-0.2, -0.15) is 0 Å². The quantitative estimate of drug-likeness (QED) is 0.555. The Morgan fingerprint density at radius 1 is 1.08 bits per heavy atom. The van der Waals surface area contributed by atoms with Gasteiger partial charge in [0.25, 0.3) is 5.91 Å². The maximum absolute atomic E-state index is 12.3. The molecule has 2 aromatic carbocycles. The molecule has 0 bridgehead atoms. The van der Waals surface area contributed by atoms with Crippen LogP contribution in [0, 0.1) is 0 Å². The van der Waals surface area contributed by atoms with Crippen molar-refractivity contribution in [1.29, 1.82) is 0 Å². The van der Waals surface area contributed by atoms with E-state index in [1.807, 2.05) is 43.3 Å². The first-order valence-corrected chi connectivity index (χ1v) is 8.98. The molecule has 1 amide bonds. The third-order valence-electron chi connectivity index (χ3n) is 3.41. The van der Waals surface area contributed by atoms with Crippen molar-refractivity contribution in [1.82, 2.24) is 5.32 Å². The van der Waals surface area contributed by atoms with Crippen LogP contribution in [0.3, 0.4) is 0 Å². The number of para-hydroxylation sites is 2. The molecule has 1 atom stereocenters. The third-order valence-corrected chi connectivity index (χ3v) is 4.43. The fraction of sp³-hybridized carbons (Fsp3) is 0.316. The number of nitrogens with one attached hydrogen (secondary N) is 1. The van der Waals surface area contributed by atoms with Crippen molar-refractivity contribution < 1.29 is 14.3 Å². The van der Waals surface area contributed by atoms with Crippen molar-refractivity contribution in [2.24, 2.45) is 0 Å². The fourth-order valence-electron chi connectivity index (χ4n) is 2.17. The highest BCUT2D eigenvalue weighted by Crippen LogP contribution is 2.27. The third kappa shape index (κ3) is 5.49. The minimum absolute atomic E-state index is 0.0999. The van der Waals surface area contributed by atoms with Crippen molar-refractivity contribution >= 4 is 17.7 Å². The Morgan fingerprint density at radius 2 is 1.75 bits per heavy atom. The Balaban J connectivity index is 1.81. The molecule has 0 aliphatic rings. The van der Waals surface area contributed by atoms with Crippen LogP contribution in [-0.4, -0.2) is 31.4 Å². The zero-order valence-electron chi connectivity index (χ0n) is 14.0. The number of carbonyl (C=O) groups excluding carboxylic acids is 1. The van der Waals surface area contributed by atoms with Crippen LogP contribution in [-0.2, 0) is 4.79 Å². The van der Waals surface area contributed by atoms with E-state index in [4.69, 9.17) is 9.47 Å². The Bertz CT molecular complexity index is 634. The maximum atomic E-state index is 12.3. The van der Waals surface area contributed by atoms with Gasteiger partial charge in [-0.1, -0.05) is 37.3 Å². The molecule has 128 valence electrons. The molecule has 1 N–H and O–H groups in total. The number of hydrogen-bond acceptors (Lipinski definition) is 4. The lowest BCUT2D eigenvalue weighted by atomic mass is 10.2. The summed E-state index contributed by atoms with van der Waals surface area (Å²) in [5.74, 6) is 1.93. The summed E-state index contributed by atoms with van der Waals surface area (Å²) in [7, 11) is 1.59. The van der Waals surface area contributed by atoms with Gasteiger partial charge in [0.15, 0.2) is 17.6 Å². The first-order chi connectivity index (χ1) is 11.7. The van der Waals surface area contributed by atoms with Gasteiger partial charge in [-0.25, -0.2) is 0 Å². The summed E-state index contributed by atoms with van der Waals surface area (Å²) >= 11 is 1.72. The molecule has 2 aromatic rings. The van der Waals surface area contributed by atoms with E-state index in [1.165, 1.54) is 4.90 Å². The lowest BCUT2D eigenvalue weighted by molar-refractivity contribution is -0.128. The minimum atomic E-state index is -0.525. The van der Waals surface area contributed by atoms with Gasteiger partial charge in [-0.3, -0.25) is 4.79 Å². The van der Waals surface area contributed by atoms with E-state index in [9.17, 15) is 4.79 Å². The number of methoxy groups -OCH3 is 1. The highest BCUT2D eigenvalue weighted by molar-refractivity contribution is 7.99. The van der Waals surface area contributed by atoms with Crippen LogP contribution >= 0.6 is 11.8 Å². The summed E-state index contributed by atoms with van der Waals surface area (Å²) in [6, 6.07) is 17.5.